The number of amides is 1. The highest BCUT2D eigenvalue weighted by molar-refractivity contribution is 8.13. The molecule has 0 aromatic heterocycles. The van der Waals surface area contributed by atoms with Crippen molar-refractivity contribution >= 4 is 37.2 Å². The molecule has 9 nitrogen and oxygen atoms in total. The van der Waals surface area contributed by atoms with E-state index in [-0.39, 0.29) is 11.8 Å². The number of azide groups is 1. The molecule has 1 amide bonds. The van der Waals surface area contributed by atoms with Crippen molar-refractivity contribution in [3.63, 3.8) is 0 Å². The predicted octanol–water partition coefficient (Wildman–Crippen LogP) is 4.06. The van der Waals surface area contributed by atoms with E-state index in [1.54, 1.807) is 17.9 Å². The molecule has 11 heteroatoms. The molecule has 1 fully saturated rings. The molecule has 1 aromatic carbocycles. The molecule has 1 aliphatic heterocycles. The zero-order valence-corrected chi connectivity index (χ0v) is 17.9. The molecular weight excluding hydrogens is 406 g/mol. The Bertz CT molecular complexity index is 899. The summed E-state index contributed by atoms with van der Waals surface area (Å²) in [4.78, 5) is 18.7. The number of hydrogen-bond acceptors (Lipinski definition) is 6. The van der Waals surface area contributed by atoms with Crippen LogP contribution < -0.4 is 4.90 Å². The molecule has 1 aliphatic rings. The molecule has 0 unspecified atom stereocenters. The molecule has 0 atom stereocenters. The highest BCUT2D eigenvalue weighted by Gasteiger charge is 2.27. The van der Waals surface area contributed by atoms with Gasteiger partial charge in [-0.3, -0.25) is 0 Å². The highest BCUT2D eigenvalue weighted by Crippen LogP contribution is 2.32. The third-order valence-corrected chi connectivity index (χ3v) is 5.22. The maximum absolute atomic E-state index is 12.2. The fraction of sp³-hybridized carbons (Fsp3) is 0.588. The van der Waals surface area contributed by atoms with Crippen LogP contribution in [0.25, 0.3) is 10.4 Å². The molecule has 154 valence electrons. The van der Waals surface area contributed by atoms with Crippen molar-refractivity contribution in [2.24, 2.45) is 5.11 Å². The lowest BCUT2D eigenvalue weighted by Crippen LogP contribution is -2.50. The molecule has 1 heterocycles. The number of ether oxygens (including phenoxy) is 1. The van der Waals surface area contributed by atoms with Gasteiger partial charge in [0.25, 0.3) is 0 Å². The summed E-state index contributed by atoms with van der Waals surface area (Å²) in [6, 6.07) is 3.23. The minimum Gasteiger partial charge on any atom is -0.444 e. The molecule has 0 radical (unpaired) electrons. The van der Waals surface area contributed by atoms with Gasteiger partial charge in [-0.2, -0.15) is 0 Å². The zero-order valence-electron chi connectivity index (χ0n) is 16.3. The minimum atomic E-state index is -3.77. The first-order valence-corrected chi connectivity index (χ1v) is 11.2. The van der Waals surface area contributed by atoms with Crippen LogP contribution in [0.2, 0.25) is 0 Å². The van der Waals surface area contributed by atoms with E-state index in [1.165, 1.54) is 6.07 Å². The van der Waals surface area contributed by atoms with Gasteiger partial charge in [-0.05, 0) is 56.5 Å². The normalized spacial score (nSPS) is 15.2. The van der Waals surface area contributed by atoms with Crippen LogP contribution in [-0.4, -0.2) is 51.2 Å². The molecule has 0 spiro atoms. The third kappa shape index (κ3) is 6.19. The van der Waals surface area contributed by atoms with Crippen LogP contribution in [0.5, 0.6) is 0 Å². The Balaban J connectivity index is 2.24. The second-order valence-corrected chi connectivity index (χ2v) is 10.4. The summed E-state index contributed by atoms with van der Waals surface area (Å²) in [5.41, 5.74) is 10.5. The van der Waals surface area contributed by atoms with Crippen LogP contribution in [0.4, 0.5) is 16.2 Å². The smallest absolute Gasteiger partial charge is 0.410 e. The van der Waals surface area contributed by atoms with Crippen LogP contribution in [0.15, 0.2) is 17.2 Å². The topological polar surface area (TPSA) is 116 Å². The molecule has 0 bridgehead atoms. The first kappa shape index (κ1) is 22.1. The summed E-state index contributed by atoms with van der Waals surface area (Å²) in [6.45, 7) is 9.24. The van der Waals surface area contributed by atoms with Gasteiger partial charge in [0.1, 0.15) is 5.60 Å². The minimum absolute atomic E-state index is 0.313. The van der Waals surface area contributed by atoms with E-state index in [0.717, 1.165) is 11.3 Å². The molecule has 1 aromatic rings. The fourth-order valence-electron chi connectivity index (χ4n) is 2.97. The van der Waals surface area contributed by atoms with E-state index in [4.69, 9.17) is 21.0 Å². The summed E-state index contributed by atoms with van der Waals surface area (Å²) >= 11 is 0. The van der Waals surface area contributed by atoms with Gasteiger partial charge in [0.05, 0.1) is 5.75 Å². The standard InChI is InChI=1S/C17H24ClN5O4S/c1-12-13(11-28(18,25)26)9-14(20-21-19)10-15(12)22-5-7-23(8-6-22)16(24)27-17(2,3)4/h9-10H,5-8,11H2,1-4H3. The lowest BCUT2D eigenvalue weighted by molar-refractivity contribution is 0.0240. The van der Waals surface area contributed by atoms with Gasteiger partial charge in [-0.25, -0.2) is 13.2 Å². The van der Waals surface area contributed by atoms with E-state index in [1.807, 2.05) is 25.7 Å². The first-order chi connectivity index (χ1) is 12.9. The number of halogens is 1. The maximum atomic E-state index is 12.2. The predicted molar refractivity (Wildman–Crippen MR) is 108 cm³/mol. The monoisotopic (exact) mass is 429 g/mol. The number of piperazine rings is 1. The molecule has 1 saturated heterocycles. The lowest BCUT2D eigenvalue weighted by atomic mass is 10.1. The summed E-state index contributed by atoms with van der Waals surface area (Å²) in [7, 11) is 1.64. The van der Waals surface area contributed by atoms with Gasteiger partial charge in [-0.1, -0.05) is 5.11 Å². The number of carbonyl (C=O) groups excluding carboxylic acids is 1. The first-order valence-electron chi connectivity index (χ1n) is 8.73. The second-order valence-electron chi connectivity index (χ2n) is 7.58. The van der Waals surface area contributed by atoms with Crippen LogP contribution >= 0.6 is 10.7 Å². The number of carbonyl (C=O) groups is 1. The summed E-state index contributed by atoms with van der Waals surface area (Å²) < 4.78 is 28.5. The van der Waals surface area contributed by atoms with E-state index < -0.39 is 14.7 Å². The molecule has 28 heavy (non-hydrogen) atoms. The molecule has 2 rings (SSSR count). The zero-order chi connectivity index (χ0) is 21.1. The van der Waals surface area contributed by atoms with Crippen LogP contribution in [0, 0.1) is 6.92 Å². The van der Waals surface area contributed by atoms with Gasteiger partial charge < -0.3 is 14.5 Å². The lowest BCUT2D eigenvalue weighted by Gasteiger charge is -2.37. The number of anilines is 1. The van der Waals surface area contributed by atoms with Crippen molar-refractivity contribution in [1.82, 2.24) is 4.90 Å². The van der Waals surface area contributed by atoms with Gasteiger partial charge in [0.15, 0.2) is 0 Å². The Morgan fingerprint density at radius 2 is 1.89 bits per heavy atom. The summed E-state index contributed by atoms with van der Waals surface area (Å²) in [5, 5.41) is 3.61. The quantitative estimate of drug-likeness (QED) is 0.309. The van der Waals surface area contributed by atoms with E-state index in [2.05, 4.69) is 10.0 Å². The van der Waals surface area contributed by atoms with Gasteiger partial charge in [-0.15, -0.1) is 0 Å². The van der Waals surface area contributed by atoms with Crippen molar-refractivity contribution < 1.29 is 17.9 Å². The average molecular weight is 430 g/mol. The Labute approximate surface area is 169 Å². The van der Waals surface area contributed by atoms with Crippen molar-refractivity contribution in [1.29, 1.82) is 0 Å². The Hall–Kier alpha value is -2.16. The number of rotatable bonds is 4. The highest BCUT2D eigenvalue weighted by atomic mass is 35.7. The fourth-order valence-corrected chi connectivity index (χ4v) is 4.00. The van der Waals surface area contributed by atoms with E-state index in [9.17, 15) is 13.2 Å². The molecule has 0 aliphatic carbocycles. The van der Waals surface area contributed by atoms with Crippen LogP contribution in [0.1, 0.15) is 31.9 Å². The largest absolute Gasteiger partial charge is 0.444 e. The van der Waals surface area contributed by atoms with Gasteiger partial charge >= 0.3 is 6.09 Å². The van der Waals surface area contributed by atoms with Gasteiger partial charge in [0.2, 0.25) is 9.05 Å². The second kappa shape index (κ2) is 8.46. The average Bonchev–Trinajstić information content (AvgIpc) is 2.55. The third-order valence-electron chi connectivity index (χ3n) is 4.23. The van der Waals surface area contributed by atoms with Crippen molar-refractivity contribution in [3.05, 3.63) is 33.7 Å². The Morgan fingerprint density at radius 3 is 2.39 bits per heavy atom. The van der Waals surface area contributed by atoms with Crippen molar-refractivity contribution in [2.45, 2.75) is 39.0 Å². The van der Waals surface area contributed by atoms with Crippen LogP contribution in [0.3, 0.4) is 0 Å². The number of hydrogen-bond donors (Lipinski definition) is 0. The van der Waals surface area contributed by atoms with Gasteiger partial charge in [0, 0.05) is 53.1 Å². The molecular formula is C17H24ClN5O4S. The Kier molecular flexibility index (Phi) is 6.69. The van der Waals surface area contributed by atoms with Crippen molar-refractivity contribution in [3.8, 4) is 0 Å². The van der Waals surface area contributed by atoms with Crippen molar-refractivity contribution in [2.75, 3.05) is 31.1 Å². The number of nitrogens with zero attached hydrogens (tertiary/aromatic N) is 5. The molecule has 0 N–H and O–H groups in total. The van der Waals surface area contributed by atoms with E-state index >= 15 is 0 Å². The maximum Gasteiger partial charge on any atom is 0.410 e. The SMILES string of the molecule is Cc1c(CS(=O)(=O)Cl)cc(N=[N+]=[N-])cc1N1CCN(C(=O)OC(C)(C)C)CC1. The van der Waals surface area contributed by atoms with E-state index in [0.29, 0.717) is 37.4 Å². The number of benzene rings is 1. The Morgan fingerprint density at radius 1 is 1.29 bits per heavy atom. The van der Waals surface area contributed by atoms with Crippen LogP contribution in [-0.2, 0) is 19.5 Å². The molecule has 0 saturated carbocycles. The summed E-state index contributed by atoms with van der Waals surface area (Å²) in [5.74, 6) is -0.361. The summed E-state index contributed by atoms with van der Waals surface area (Å²) in [6.07, 6.45) is -0.361.